The first-order chi connectivity index (χ1) is 17.7. The number of fused-ring (bicyclic) bond motifs is 1. The van der Waals surface area contributed by atoms with Gasteiger partial charge in [0.15, 0.2) is 15.0 Å². The fraction of sp³-hybridized carbons (Fsp3) is 0.346. The fourth-order valence-corrected chi connectivity index (χ4v) is 6.24. The number of para-hydroxylation sites is 1. The van der Waals surface area contributed by atoms with E-state index < -0.39 is 9.84 Å². The number of rotatable bonds is 11. The Morgan fingerprint density at radius 2 is 1.89 bits per heavy atom. The van der Waals surface area contributed by atoms with Crippen LogP contribution in [0.1, 0.15) is 24.7 Å². The molecule has 0 spiro atoms. The lowest BCUT2D eigenvalue weighted by Gasteiger charge is -2.20. The van der Waals surface area contributed by atoms with Crippen molar-refractivity contribution in [2.75, 3.05) is 30.9 Å². The lowest BCUT2D eigenvalue weighted by molar-refractivity contribution is -0.118. The predicted octanol–water partition coefficient (Wildman–Crippen LogP) is 4.41. The number of hydrogen-bond donors (Lipinski definition) is 0. The van der Waals surface area contributed by atoms with Gasteiger partial charge in [-0.15, -0.1) is 0 Å². The molecular formula is C26H30N4O5S2. The minimum absolute atomic E-state index is 0.150. The molecule has 0 saturated carbocycles. The first-order valence-electron chi connectivity index (χ1n) is 11.9. The van der Waals surface area contributed by atoms with Gasteiger partial charge in [0.25, 0.3) is 0 Å². The molecule has 37 heavy (non-hydrogen) atoms. The predicted molar refractivity (Wildman–Crippen MR) is 145 cm³/mol. The highest BCUT2D eigenvalue weighted by atomic mass is 32.2. The monoisotopic (exact) mass is 542 g/mol. The van der Waals surface area contributed by atoms with Crippen LogP contribution in [-0.2, 0) is 21.2 Å². The molecule has 2 aromatic carbocycles. The third-order valence-corrected chi connectivity index (χ3v) is 8.62. The molecule has 0 radical (unpaired) electrons. The second kappa shape index (κ2) is 11.3. The number of methoxy groups -OCH3 is 1. The number of benzene rings is 2. The van der Waals surface area contributed by atoms with E-state index in [1.807, 2.05) is 49.7 Å². The molecule has 2 aromatic heterocycles. The Hall–Kier alpha value is -3.44. The molecule has 0 N–H and O–H groups in total. The molecule has 11 heteroatoms. The van der Waals surface area contributed by atoms with Crippen molar-refractivity contribution in [2.24, 2.45) is 0 Å². The van der Waals surface area contributed by atoms with E-state index in [4.69, 9.17) is 14.5 Å². The van der Waals surface area contributed by atoms with E-state index in [0.717, 1.165) is 16.1 Å². The molecule has 0 fully saturated rings. The van der Waals surface area contributed by atoms with E-state index in [1.165, 1.54) is 30.6 Å². The number of carbonyl (C=O) groups is 1. The Morgan fingerprint density at radius 3 is 2.54 bits per heavy atom. The maximum absolute atomic E-state index is 13.5. The quantitative estimate of drug-likeness (QED) is 0.276. The number of anilines is 1. The molecule has 4 aromatic rings. The van der Waals surface area contributed by atoms with Crippen LogP contribution in [0.25, 0.3) is 10.2 Å². The van der Waals surface area contributed by atoms with Crippen LogP contribution in [0.5, 0.6) is 11.5 Å². The van der Waals surface area contributed by atoms with Crippen LogP contribution in [0.3, 0.4) is 0 Å². The number of nitrogens with zero attached hydrogens (tertiary/aromatic N) is 4. The van der Waals surface area contributed by atoms with Gasteiger partial charge in [-0.25, -0.2) is 13.4 Å². The highest BCUT2D eigenvalue weighted by Gasteiger charge is 2.24. The largest absolute Gasteiger partial charge is 0.497 e. The molecule has 2 heterocycles. The molecule has 0 aliphatic rings. The Morgan fingerprint density at radius 1 is 1.14 bits per heavy atom. The van der Waals surface area contributed by atoms with Gasteiger partial charge >= 0.3 is 0 Å². The van der Waals surface area contributed by atoms with Gasteiger partial charge in [0.05, 0.1) is 41.3 Å². The minimum Gasteiger partial charge on any atom is -0.497 e. The number of aromatic nitrogens is 3. The third kappa shape index (κ3) is 6.11. The lowest BCUT2D eigenvalue weighted by Crippen LogP contribution is -2.35. The van der Waals surface area contributed by atoms with Crippen LogP contribution in [0.15, 0.2) is 53.4 Å². The van der Waals surface area contributed by atoms with Gasteiger partial charge in [-0.2, -0.15) is 5.10 Å². The van der Waals surface area contributed by atoms with Crippen LogP contribution in [0.2, 0.25) is 0 Å². The zero-order valence-electron chi connectivity index (χ0n) is 21.3. The van der Waals surface area contributed by atoms with E-state index in [-0.39, 0.29) is 23.0 Å². The molecule has 0 unspecified atom stereocenters. The average Bonchev–Trinajstić information content (AvgIpc) is 3.46. The molecule has 196 valence electrons. The standard InChI is InChI=1S/C26H30N4O5S2/c1-5-35-22-7-6-8-23-25(22)27-26(36-23)29(14-15-30-19(3)17-18(2)28-30)24(31)13-16-37(32,33)21-11-9-20(34-4)10-12-21/h6-12,17H,5,13-16H2,1-4H3. The topological polar surface area (TPSA) is 104 Å². The first-order valence-corrected chi connectivity index (χ1v) is 14.4. The Balaban J connectivity index is 1.59. The van der Waals surface area contributed by atoms with Crippen LogP contribution < -0.4 is 14.4 Å². The molecule has 4 rings (SSSR count). The van der Waals surface area contributed by atoms with Crippen molar-refractivity contribution in [1.29, 1.82) is 0 Å². The summed E-state index contributed by atoms with van der Waals surface area (Å²) in [6.45, 7) is 7.02. The average molecular weight is 543 g/mol. The minimum atomic E-state index is -3.66. The summed E-state index contributed by atoms with van der Waals surface area (Å²) in [6.07, 6.45) is -0.181. The molecular weight excluding hydrogens is 512 g/mol. The normalized spacial score (nSPS) is 11.6. The van der Waals surface area contributed by atoms with E-state index in [9.17, 15) is 13.2 Å². The number of sulfone groups is 1. The van der Waals surface area contributed by atoms with E-state index in [0.29, 0.717) is 41.8 Å². The maximum atomic E-state index is 13.5. The van der Waals surface area contributed by atoms with Gasteiger partial charge in [-0.05, 0) is 63.2 Å². The van der Waals surface area contributed by atoms with Crippen molar-refractivity contribution in [1.82, 2.24) is 14.8 Å². The van der Waals surface area contributed by atoms with E-state index in [2.05, 4.69) is 5.10 Å². The second-order valence-electron chi connectivity index (χ2n) is 8.47. The van der Waals surface area contributed by atoms with Crippen molar-refractivity contribution in [3.8, 4) is 11.5 Å². The summed E-state index contributed by atoms with van der Waals surface area (Å²) >= 11 is 1.37. The number of thiazole rings is 1. The molecule has 0 aliphatic carbocycles. The lowest BCUT2D eigenvalue weighted by atomic mass is 10.3. The number of hydrogen-bond acceptors (Lipinski definition) is 8. The van der Waals surface area contributed by atoms with Gasteiger partial charge < -0.3 is 9.47 Å². The van der Waals surface area contributed by atoms with Crippen molar-refractivity contribution in [3.63, 3.8) is 0 Å². The smallest absolute Gasteiger partial charge is 0.229 e. The highest BCUT2D eigenvalue weighted by molar-refractivity contribution is 7.91. The van der Waals surface area contributed by atoms with E-state index >= 15 is 0 Å². The zero-order valence-corrected chi connectivity index (χ0v) is 22.9. The number of aryl methyl sites for hydroxylation is 2. The van der Waals surface area contributed by atoms with Crippen molar-refractivity contribution in [3.05, 3.63) is 59.9 Å². The van der Waals surface area contributed by atoms with E-state index in [1.54, 1.807) is 17.0 Å². The van der Waals surface area contributed by atoms with Gasteiger partial charge in [0.2, 0.25) is 5.91 Å². The van der Waals surface area contributed by atoms with Gasteiger partial charge in [0.1, 0.15) is 17.0 Å². The van der Waals surface area contributed by atoms with Crippen LogP contribution in [0.4, 0.5) is 5.13 Å². The zero-order chi connectivity index (χ0) is 26.6. The van der Waals surface area contributed by atoms with Gasteiger partial charge in [0, 0.05) is 18.7 Å². The second-order valence-corrected chi connectivity index (χ2v) is 11.6. The van der Waals surface area contributed by atoms with Crippen LogP contribution in [-0.4, -0.2) is 55.1 Å². The SMILES string of the molecule is CCOc1cccc2sc(N(CCn3nc(C)cc3C)C(=O)CCS(=O)(=O)c3ccc(OC)cc3)nc12. The maximum Gasteiger partial charge on any atom is 0.229 e. The highest BCUT2D eigenvalue weighted by Crippen LogP contribution is 2.34. The van der Waals surface area contributed by atoms with Gasteiger partial charge in [-0.3, -0.25) is 14.4 Å². The summed E-state index contributed by atoms with van der Waals surface area (Å²) in [6, 6.07) is 13.8. The molecule has 9 nitrogen and oxygen atoms in total. The number of amides is 1. The first kappa shape index (κ1) is 26.6. The number of carbonyl (C=O) groups excluding carboxylic acids is 1. The fourth-order valence-electron chi connectivity index (χ4n) is 3.98. The van der Waals surface area contributed by atoms with Crippen LogP contribution >= 0.6 is 11.3 Å². The van der Waals surface area contributed by atoms with Crippen molar-refractivity contribution in [2.45, 2.75) is 38.6 Å². The summed E-state index contributed by atoms with van der Waals surface area (Å²) < 4.78 is 39.4. The van der Waals surface area contributed by atoms with Crippen LogP contribution in [0, 0.1) is 13.8 Å². The molecule has 1 amide bonds. The summed E-state index contributed by atoms with van der Waals surface area (Å²) in [7, 11) is -2.15. The summed E-state index contributed by atoms with van der Waals surface area (Å²) in [4.78, 5) is 19.9. The Labute approximate surface area is 220 Å². The molecule has 0 saturated heterocycles. The molecule has 0 bridgehead atoms. The van der Waals surface area contributed by atoms with Crippen molar-refractivity contribution >= 4 is 42.4 Å². The Kier molecular flexibility index (Phi) is 8.13. The third-order valence-electron chi connectivity index (χ3n) is 5.84. The molecule has 0 aliphatic heterocycles. The summed E-state index contributed by atoms with van der Waals surface area (Å²) in [5, 5.41) is 4.99. The Bertz CT molecular complexity index is 1490. The van der Waals surface area contributed by atoms with Gasteiger partial charge in [-0.1, -0.05) is 17.4 Å². The number of ether oxygens (including phenoxy) is 2. The summed E-state index contributed by atoms with van der Waals surface area (Å²) in [5.41, 5.74) is 2.55. The van der Waals surface area contributed by atoms with Crippen molar-refractivity contribution < 1.29 is 22.7 Å². The summed E-state index contributed by atoms with van der Waals surface area (Å²) in [5.74, 6) is 0.572. The molecule has 0 atom stereocenters.